The highest BCUT2D eigenvalue weighted by molar-refractivity contribution is 7.22. The van der Waals surface area contributed by atoms with E-state index in [1.807, 2.05) is 0 Å². The highest BCUT2D eigenvalue weighted by Crippen LogP contribution is 2.63. The fourth-order valence-electron chi connectivity index (χ4n) is 9.41. The van der Waals surface area contributed by atoms with Gasteiger partial charge in [-0.2, -0.15) is 0 Å². The largest absolute Gasteiger partial charge is 0.236 e. The lowest BCUT2D eigenvalue weighted by molar-refractivity contribution is 0.795. The van der Waals surface area contributed by atoms with Gasteiger partial charge in [0.2, 0.25) is 0 Å². The number of hydrogen-bond acceptors (Lipinski definition) is 2. The number of rotatable bonds is 2. The molecule has 0 fully saturated rings. The quantitative estimate of drug-likeness (QED) is 0.166. The van der Waals surface area contributed by atoms with Crippen LogP contribution in [0.2, 0.25) is 0 Å². The van der Waals surface area contributed by atoms with Crippen molar-refractivity contribution in [3.63, 3.8) is 0 Å². The Morgan fingerprint density at radius 2 is 0.981 bits per heavy atom. The Morgan fingerprint density at radius 3 is 1.79 bits per heavy atom. The van der Waals surface area contributed by atoms with E-state index in [2.05, 4.69) is 176 Å². The van der Waals surface area contributed by atoms with E-state index in [0.717, 1.165) is 16.1 Å². The molecule has 1 nitrogen and oxygen atoms in total. The van der Waals surface area contributed by atoms with E-state index in [1.165, 1.54) is 92.7 Å². The van der Waals surface area contributed by atoms with Gasteiger partial charge in [0, 0.05) is 10.9 Å². The molecular formula is C50H29NS. The summed E-state index contributed by atoms with van der Waals surface area (Å²) in [5.74, 6) is 0. The average molecular weight is 676 g/mol. The van der Waals surface area contributed by atoms with Crippen LogP contribution in [0.1, 0.15) is 22.3 Å². The molecule has 10 aromatic rings. The monoisotopic (exact) mass is 675 g/mol. The molecule has 240 valence electrons. The maximum Gasteiger partial charge on any atom is 0.124 e. The van der Waals surface area contributed by atoms with Gasteiger partial charge in [0.25, 0.3) is 0 Å². The zero-order chi connectivity index (χ0) is 34.0. The van der Waals surface area contributed by atoms with Crippen LogP contribution in [0.15, 0.2) is 176 Å². The van der Waals surface area contributed by atoms with E-state index in [9.17, 15) is 0 Å². The van der Waals surface area contributed by atoms with Gasteiger partial charge in [-0.3, -0.25) is 0 Å². The minimum Gasteiger partial charge on any atom is -0.236 e. The summed E-state index contributed by atoms with van der Waals surface area (Å²) in [6.07, 6.45) is 0. The summed E-state index contributed by atoms with van der Waals surface area (Å²) >= 11 is 1.79. The second-order valence-corrected chi connectivity index (χ2v) is 15.2. The first kappa shape index (κ1) is 28.4. The van der Waals surface area contributed by atoms with Crippen molar-refractivity contribution in [3.05, 3.63) is 198 Å². The van der Waals surface area contributed by atoms with Gasteiger partial charge in [0.1, 0.15) is 5.01 Å². The minimum absolute atomic E-state index is 0.399. The standard InChI is InChI=1S/C50H29NS/c1-2-10-32(11-3-1)49-51-46-25-23-31-20-18-30-19-21-35(26-40(30)47(31)48(46)52-49)36-22-24-39-41-27-33-12-4-5-13-34(33)28-45(41)50(44(39)29-36)42-16-8-6-14-37(42)38-15-7-9-17-43(38)50/h1-29H. The summed E-state index contributed by atoms with van der Waals surface area (Å²) in [6.45, 7) is 0. The number of fused-ring (bicyclic) bond motifs is 16. The van der Waals surface area contributed by atoms with Gasteiger partial charge >= 0.3 is 0 Å². The van der Waals surface area contributed by atoms with Gasteiger partial charge in [-0.25, -0.2) is 4.98 Å². The molecular weight excluding hydrogens is 647 g/mol. The van der Waals surface area contributed by atoms with E-state index < -0.39 is 5.41 Å². The second-order valence-electron chi connectivity index (χ2n) is 14.2. The Morgan fingerprint density at radius 1 is 0.385 bits per heavy atom. The first-order valence-corrected chi connectivity index (χ1v) is 18.8. The lowest BCUT2D eigenvalue weighted by Crippen LogP contribution is -2.25. The van der Waals surface area contributed by atoms with Crippen LogP contribution < -0.4 is 0 Å². The molecule has 1 aromatic heterocycles. The number of thiazole rings is 1. The molecule has 9 aromatic carbocycles. The van der Waals surface area contributed by atoms with Crippen LogP contribution in [0.25, 0.3) is 86.5 Å². The topological polar surface area (TPSA) is 12.9 Å². The van der Waals surface area contributed by atoms with Gasteiger partial charge in [0.15, 0.2) is 0 Å². The molecule has 1 spiro atoms. The van der Waals surface area contributed by atoms with E-state index >= 15 is 0 Å². The van der Waals surface area contributed by atoms with Crippen LogP contribution >= 0.6 is 11.3 Å². The number of benzene rings is 9. The maximum absolute atomic E-state index is 5.10. The molecule has 0 radical (unpaired) electrons. The van der Waals surface area contributed by atoms with Crippen LogP contribution in [-0.2, 0) is 5.41 Å². The third kappa shape index (κ3) is 3.69. The van der Waals surface area contributed by atoms with Crippen LogP contribution in [-0.4, -0.2) is 4.98 Å². The normalized spacial score (nSPS) is 13.5. The number of nitrogens with zero attached hydrogens (tertiary/aromatic N) is 1. The lowest BCUT2D eigenvalue weighted by atomic mass is 9.70. The highest BCUT2D eigenvalue weighted by Gasteiger charge is 2.51. The average Bonchev–Trinajstić information content (AvgIpc) is 3.87. The van der Waals surface area contributed by atoms with Crippen LogP contribution in [0.3, 0.4) is 0 Å². The Bertz CT molecular complexity index is 3090. The SMILES string of the molecule is c1ccc(-c2nc3ccc4ccc5ccc(-c6ccc7c(c6)C6(c8ccccc8-c8ccccc86)c6cc8ccccc8cc6-7)cc5c4c3s2)cc1. The fourth-order valence-corrected chi connectivity index (χ4v) is 10.5. The Labute approximate surface area is 305 Å². The Kier molecular flexibility index (Phi) is 5.65. The Hall–Kier alpha value is -6.35. The van der Waals surface area contributed by atoms with Crippen molar-refractivity contribution in [2.75, 3.05) is 0 Å². The summed E-state index contributed by atoms with van der Waals surface area (Å²) in [7, 11) is 0. The maximum atomic E-state index is 5.10. The molecule has 0 saturated heterocycles. The summed E-state index contributed by atoms with van der Waals surface area (Å²) in [5, 5.41) is 8.66. The van der Waals surface area contributed by atoms with Gasteiger partial charge in [-0.05, 0) is 113 Å². The summed E-state index contributed by atoms with van der Waals surface area (Å²) in [4.78, 5) is 5.10. The van der Waals surface area contributed by atoms with Crippen molar-refractivity contribution in [3.8, 4) is 44.0 Å². The first-order chi connectivity index (χ1) is 25.8. The number of hydrogen-bond donors (Lipinski definition) is 0. The molecule has 0 N–H and O–H groups in total. The summed E-state index contributed by atoms with van der Waals surface area (Å²) in [5.41, 5.74) is 15.1. The minimum atomic E-state index is -0.399. The predicted octanol–water partition coefficient (Wildman–Crippen LogP) is 13.4. The Balaban J connectivity index is 1.12. The molecule has 0 unspecified atom stereocenters. The third-order valence-electron chi connectivity index (χ3n) is 11.7. The number of aromatic nitrogens is 1. The molecule has 52 heavy (non-hydrogen) atoms. The molecule has 12 rings (SSSR count). The van der Waals surface area contributed by atoms with E-state index in [1.54, 1.807) is 11.3 Å². The van der Waals surface area contributed by atoms with Crippen LogP contribution in [0.4, 0.5) is 0 Å². The zero-order valence-corrected chi connectivity index (χ0v) is 28.9. The summed E-state index contributed by atoms with van der Waals surface area (Å²) in [6, 6.07) is 65.6. The third-order valence-corrected chi connectivity index (χ3v) is 12.8. The van der Waals surface area contributed by atoms with Gasteiger partial charge < -0.3 is 0 Å². The molecule has 0 atom stereocenters. The van der Waals surface area contributed by atoms with Crippen molar-refractivity contribution < 1.29 is 0 Å². The molecule has 1 heterocycles. The highest BCUT2D eigenvalue weighted by atomic mass is 32.1. The molecule has 0 bridgehead atoms. The summed E-state index contributed by atoms with van der Waals surface area (Å²) < 4.78 is 1.24. The van der Waals surface area contributed by atoms with E-state index in [4.69, 9.17) is 4.98 Å². The van der Waals surface area contributed by atoms with Crippen LogP contribution in [0, 0.1) is 0 Å². The van der Waals surface area contributed by atoms with Crippen LogP contribution in [0.5, 0.6) is 0 Å². The van der Waals surface area contributed by atoms with Crippen molar-refractivity contribution in [2.24, 2.45) is 0 Å². The van der Waals surface area contributed by atoms with E-state index in [0.29, 0.717) is 0 Å². The molecule has 2 aliphatic rings. The van der Waals surface area contributed by atoms with E-state index in [-0.39, 0.29) is 0 Å². The predicted molar refractivity (Wildman–Crippen MR) is 219 cm³/mol. The smallest absolute Gasteiger partial charge is 0.124 e. The second kappa shape index (κ2) is 10.4. The molecule has 0 amide bonds. The van der Waals surface area contributed by atoms with Crippen molar-refractivity contribution in [2.45, 2.75) is 5.41 Å². The molecule has 0 aliphatic heterocycles. The fraction of sp³-hybridized carbons (Fsp3) is 0.0200. The van der Waals surface area contributed by atoms with Crippen molar-refractivity contribution in [1.82, 2.24) is 4.98 Å². The lowest BCUT2D eigenvalue weighted by Gasteiger charge is -2.31. The molecule has 0 saturated carbocycles. The first-order valence-electron chi connectivity index (χ1n) is 18.0. The zero-order valence-electron chi connectivity index (χ0n) is 28.1. The van der Waals surface area contributed by atoms with Crippen molar-refractivity contribution in [1.29, 1.82) is 0 Å². The molecule has 2 heteroatoms. The van der Waals surface area contributed by atoms with Gasteiger partial charge in [-0.1, -0.05) is 146 Å². The van der Waals surface area contributed by atoms with Gasteiger partial charge in [0.05, 0.1) is 15.6 Å². The molecule has 2 aliphatic carbocycles. The van der Waals surface area contributed by atoms with Gasteiger partial charge in [-0.15, -0.1) is 11.3 Å². The van der Waals surface area contributed by atoms with Crippen molar-refractivity contribution >= 4 is 53.9 Å².